The number of benzene rings is 3. The predicted octanol–water partition coefficient (Wildman–Crippen LogP) is 4.39. The summed E-state index contributed by atoms with van der Waals surface area (Å²) in [5.74, 6) is 0.396. The van der Waals surface area contributed by atoms with Gasteiger partial charge in [0.2, 0.25) is 0 Å². The van der Waals surface area contributed by atoms with Gasteiger partial charge in [-0.3, -0.25) is 19.5 Å². The van der Waals surface area contributed by atoms with E-state index in [4.69, 9.17) is 0 Å². The fourth-order valence-electron chi connectivity index (χ4n) is 3.12. The number of aromatic nitrogens is 3. The van der Waals surface area contributed by atoms with Crippen molar-refractivity contribution in [3.05, 3.63) is 100 Å². The molecule has 10 heteroatoms. The fraction of sp³-hybridized carbons (Fsp3) is 0.0833. The first kappa shape index (κ1) is 22.9. The van der Waals surface area contributed by atoms with E-state index in [-0.39, 0.29) is 17.3 Å². The SMILES string of the molecule is Cc1ccc(-n2c(SCC(=O)NN=Cc3cccc([N+](=O)[O-])c3)nnc2-c2ccccc2)cc1. The summed E-state index contributed by atoms with van der Waals surface area (Å²) < 4.78 is 1.92. The molecule has 9 nitrogen and oxygen atoms in total. The van der Waals surface area contributed by atoms with Gasteiger partial charge >= 0.3 is 0 Å². The third kappa shape index (κ3) is 5.54. The summed E-state index contributed by atoms with van der Waals surface area (Å²) in [5, 5.41) is 24.0. The monoisotopic (exact) mass is 472 g/mol. The molecule has 0 atom stereocenters. The molecule has 34 heavy (non-hydrogen) atoms. The van der Waals surface area contributed by atoms with Crippen LogP contribution in [0.15, 0.2) is 89.1 Å². The highest BCUT2D eigenvalue weighted by Crippen LogP contribution is 2.28. The first-order valence-electron chi connectivity index (χ1n) is 10.3. The van der Waals surface area contributed by atoms with E-state index >= 15 is 0 Å². The molecule has 0 radical (unpaired) electrons. The van der Waals surface area contributed by atoms with Crippen molar-refractivity contribution in [2.75, 3.05) is 5.75 Å². The highest BCUT2D eigenvalue weighted by molar-refractivity contribution is 7.99. The number of nitrogens with one attached hydrogen (secondary N) is 1. The van der Waals surface area contributed by atoms with E-state index in [9.17, 15) is 14.9 Å². The maximum Gasteiger partial charge on any atom is 0.270 e. The van der Waals surface area contributed by atoms with Crippen LogP contribution in [0.5, 0.6) is 0 Å². The van der Waals surface area contributed by atoms with Crippen LogP contribution in [0.2, 0.25) is 0 Å². The number of rotatable bonds is 8. The number of nitrogens with zero attached hydrogens (tertiary/aromatic N) is 5. The Bertz CT molecular complexity index is 1340. The summed E-state index contributed by atoms with van der Waals surface area (Å²) in [6, 6.07) is 23.7. The van der Waals surface area contributed by atoms with Crippen molar-refractivity contribution in [3.8, 4) is 17.1 Å². The van der Waals surface area contributed by atoms with Crippen molar-refractivity contribution in [1.82, 2.24) is 20.2 Å². The van der Waals surface area contributed by atoms with Gasteiger partial charge in [-0.25, -0.2) is 5.43 Å². The number of hydrazone groups is 1. The summed E-state index contributed by atoms with van der Waals surface area (Å²) in [6.07, 6.45) is 1.36. The van der Waals surface area contributed by atoms with Crippen LogP contribution in [0.1, 0.15) is 11.1 Å². The van der Waals surface area contributed by atoms with Crippen molar-refractivity contribution in [3.63, 3.8) is 0 Å². The van der Waals surface area contributed by atoms with Crippen LogP contribution in [0.3, 0.4) is 0 Å². The van der Waals surface area contributed by atoms with Gasteiger partial charge in [-0.2, -0.15) is 5.10 Å². The van der Waals surface area contributed by atoms with Gasteiger partial charge < -0.3 is 0 Å². The summed E-state index contributed by atoms with van der Waals surface area (Å²) in [7, 11) is 0. The lowest BCUT2D eigenvalue weighted by molar-refractivity contribution is -0.384. The quantitative estimate of drug-likeness (QED) is 0.176. The predicted molar refractivity (Wildman–Crippen MR) is 131 cm³/mol. The molecule has 1 amide bonds. The second-order valence-electron chi connectivity index (χ2n) is 7.28. The Morgan fingerprint density at radius 3 is 2.59 bits per heavy atom. The largest absolute Gasteiger partial charge is 0.272 e. The number of nitro benzene ring substituents is 1. The van der Waals surface area contributed by atoms with Gasteiger partial charge in [-0.05, 0) is 19.1 Å². The molecule has 0 aliphatic carbocycles. The van der Waals surface area contributed by atoms with Gasteiger partial charge in [0.15, 0.2) is 11.0 Å². The number of carbonyl (C=O) groups is 1. The highest BCUT2D eigenvalue weighted by Gasteiger charge is 2.17. The first-order chi connectivity index (χ1) is 16.5. The van der Waals surface area contributed by atoms with Crippen molar-refractivity contribution >= 4 is 29.6 Å². The van der Waals surface area contributed by atoms with E-state index in [1.54, 1.807) is 12.1 Å². The molecule has 0 bridgehead atoms. The standard InChI is InChI=1S/C24H20N6O3S/c1-17-10-12-20(13-11-17)29-23(19-7-3-2-4-8-19)27-28-24(29)34-16-22(31)26-25-15-18-6-5-9-21(14-18)30(32)33/h2-15H,16H2,1H3,(H,26,31). The number of hydrogen-bond donors (Lipinski definition) is 1. The van der Waals surface area contributed by atoms with Crippen LogP contribution < -0.4 is 5.43 Å². The third-order valence-corrected chi connectivity index (χ3v) is 5.70. The molecule has 4 rings (SSSR count). The van der Waals surface area contributed by atoms with E-state index in [1.807, 2.05) is 66.1 Å². The minimum atomic E-state index is -0.486. The lowest BCUT2D eigenvalue weighted by Gasteiger charge is -2.10. The lowest BCUT2D eigenvalue weighted by atomic mass is 10.2. The zero-order valence-electron chi connectivity index (χ0n) is 18.2. The first-order valence-corrected chi connectivity index (χ1v) is 11.3. The number of carbonyl (C=O) groups excluding carboxylic acids is 1. The molecule has 4 aromatic rings. The minimum absolute atomic E-state index is 0.0458. The Hall–Kier alpha value is -4.31. The average molecular weight is 473 g/mol. The molecule has 1 N–H and O–H groups in total. The number of amides is 1. The molecule has 0 saturated carbocycles. The topological polar surface area (TPSA) is 115 Å². The number of hydrogen-bond acceptors (Lipinski definition) is 7. The third-order valence-electron chi connectivity index (χ3n) is 4.77. The molecule has 170 valence electrons. The van der Waals surface area contributed by atoms with Crippen molar-refractivity contribution in [2.24, 2.45) is 5.10 Å². The normalized spacial score (nSPS) is 11.0. The average Bonchev–Trinajstić information content (AvgIpc) is 3.28. The van der Waals surface area contributed by atoms with Crippen LogP contribution in [0, 0.1) is 17.0 Å². The molecular weight excluding hydrogens is 452 g/mol. The van der Waals surface area contributed by atoms with Crippen LogP contribution in [0.4, 0.5) is 5.69 Å². The molecule has 0 saturated heterocycles. The summed E-state index contributed by atoms with van der Waals surface area (Å²) >= 11 is 1.24. The Balaban J connectivity index is 1.48. The van der Waals surface area contributed by atoms with Gasteiger partial charge in [0.1, 0.15) is 0 Å². The Morgan fingerprint density at radius 1 is 1.09 bits per heavy atom. The van der Waals surface area contributed by atoms with E-state index in [2.05, 4.69) is 20.7 Å². The second-order valence-corrected chi connectivity index (χ2v) is 8.22. The van der Waals surface area contributed by atoms with Crippen molar-refractivity contribution in [1.29, 1.82) is 0 Å². The molecule has 0 spiro atoms. The maximum atomic E-state index is 12.3. The maximum absolute atomic E-state index is 12.3. The van der Waals surface area contributed by atoms with Crippen LogP contribution in [0.25, 0.3) is 17.1 Å². The molecule has 0 fully saturated rings. The van der Waals surface area contributed by atoms with Gasteiger partial charge in [0, 0.05) is 28.9 Å². The van der Waals surface area contributed by atoms with E-state index < -0.39 is 4.92 Å². The molecule has 0 aliphatic heterocycles. The number of thioether (sulfide) groups is 1. The summed E-state index contributed by atoms with van der Waals surface area (Å²) in [5.41, 5.74) is 5.83. The minimum Gasteiger partial charge on any atom is -0.272 e. The van der Waals surface area contributed by atoms with E-state index in [0.717, 1.165) is 16.8 Å². The number of nitro groups is 1. The van der Waals surface area contributed by atoms with Gasteiger partial charge in [-0.15, -0.1) is 10.2 Å². The smallest absolute Gasteiger partial charge is 0.270 e. The molecular formula is C24H20N6O3S. The highest BCUT2D eigenvalue weighted by atomic mass is 32.2. The van der Waals surface area contributed by atoms with Crippen molar-refractivity contribution < 1.29 is 9.72 Å². The molecule has 3 aromatic carbocycles. The Morgan fingerprint density at radius 2 is 1.85 bits per heavy atom. The summed E-state index contributed by atoms with van der Waals surface area (Å²) in [6.45, 7) is 2.02. The zero-order valence-corrected chi connectivity index (χ0v) is 19.0. The van der Waals surface area contributed by atoms with Gasteiger partial charge in [0.05, 0.1) is 16.9 Å². The van der Waals surface area contributed by atoms with Gasteiger partial charge in [-0.1, -0.05) is 71.9 Å². The van der Waals surface area contributed by atoms with Gasteiger partial charge in [0.25, 0.3) is 11.6 Å². The van der Waals surface area contributed by atoms with Crippen LogP contribution >= 0.6 is 11.8 Å². The Kier molecular flexibility index (Phi) is 7.09. The summed E-state index contributed by atoms with van der Waals surface area (Å²) in [4.78, 5) is 22.7. The molecule has 1 heterocycles. The van der Waals surface area contributed by atoms with Crippen LogP contribution in [-0.2, 0) is 4.79 Å². The Labute approximate surface area is 199 Å². The second kappa shape index (κ2) is 10.5. The molecule has 1 aromatic heterocycles. The number of aryl methyl sites for hydroxylation is 1. The van der Waals surface area contributed by atoms with E-state index in [0.29, 0.717) is 16.5 Å². The van der Waals surface area contributed by atoms with Crippen LogP contribution in [-0.4, -0.2) is 37.6 Å². The molecule has 0 unspecified atom stereocenters. The zero-order chi connectivity index (χ0) is 23.9. The van der Waals surface area contributed by atoms with E-state index in [1.165, 1.54) is 30.1 Å². The number of non-ortho nitro benzene ring substituents is 1. The lowest BCUT2D eigenvalue weighted by Crippen LogP contribution is -2.20. The van der Waals surface area contributed by atoms with Crippen molar-refractivity contribution in [2.45, 2.75) is 12.1 Å². The fourth-order valence-corrected chi connectivity index (χ4v) is 3.87. The molecule has 0 aliphatic rings.